The van der Waals surface area contributed by atoms with Gasteiger partial charge in [-0.2, -0.15) is 0 Å². The molecule has 0 aliphatic carbocycles. The SMILES string of the molecule is CCc1cccc(C)c1NC(=O)COC(=O)CN1C(=O)NC(C)(C)C1=O. The maximum Gasteiger partial charge on any atom is 0.326 e. The summed E-state index contributed by atoms with van der Waals surface area (Å²) in [6, 6.07) is 5.03. The third-order valence-corrected chi connectivity index (χ3v) is 4.10. The fraction of sp³-hybridized carbons (Fsp3) is 0.444. The highest BCUT2D eigenvalue weighted by molar-refractivity contribution is 6.08. The molecule has 0 aromatic heterocycles. The van der Waals surface area contributed by atoms with E-state index in [1.807, 2.05) is 32.0 Å². The number of carbonyl (C=O) groups is 4. The molecule has 8 nitrogen and oxygen atoms in total. The van der Waals surface area contributed by atoms with E-state index in [0.717, 1.165) is 22.4 Å². The smallest absolute Gasteiger partial charge is 0.326 e. The van der Waals surface area contributed by atoms with Gasteiger partial charge in [-0.1, -0.05) is 25.1 Å². The van der Waals surface area contributed by atoms with E-state index >= 15 is 0 Å². The van der Waals surface area contributed by atoms with E-state index in [0.29, 0.717) is 5.69 Å². The standard InChI is InChI=1S/C18H23N3O5/c1-5-12-8-6-7-11(2)15(12)19-13(22)10-26-14(23)9-21-16(24)18(3,4)20-17(21)25/h6-8H,5,9-10H2,1-4H3,(H,19,22)(H,20,25). The highest BCUT2D eigenvalue weighted by Crippen LogP contribution is 2.21. The molecule has 0 saturated carbocycles. The normalized spacial score (nSPS) is 15.6. The van der Waals surface area contributed by atoms with E-state index in [2.05, 4.69) is 10.6 Å². The van der Waals surface area contributed by atoms with Gasteiger partial charge in [0, 0.05) is 5.69 Å². The molecule has 2 rings (SSSR count). The number of carbonyl (C=O) groups excluding carboxylic acids is 4. The summed E-state index contributed by atoms with van der Waals surface area (Å²) in [5.74, 6) is -1.84. The third-order valence-electron chi connectivity index (χ3n) is 4.10. The van der Waals surface area contributed by atoms with Crippen LogP contribution >= 0.6 is 0 Å². The zero-order chi connectivity index (χ0) is 19.5. The molecule has 1 aromatic rings. The van der Waals surface area contributed by atoms with Crippen LogP contribution in [-0.4, -0.2) is 47.4 Å². The van der Waals surface area contributed by atoms with E-state index in [1.165, 1.54) is 0 Å². The van der Waals surface area contributed by atoms with Crippen LogP contribution in [0.2, 0.25) is 0 Å². The first-order valence-electron chi connectivity index (χ1n) is 8.33. The summed E-state index contributed by atoms with van der Waals surface area (Å²) in [5.41, 5.74) is 1.53. The van der Waals surface area contributed by atoms with Crippen LogP contribution in [0.15, 0.2) is 18.2 Å². The first-order chi connectivity index (χ1) is 12.2. The molecule has 1 aliphatic rings. The average Bonchev–Trinajstić information content (AvgIpc) is 2.76. The Morgan fingerprint density at radius 2 is 1.96 bits per heavy atom. The van der Waals surface area contributed by atoms with Gasteiger partial charge in [-0.25, -0.2) is 4.79 Å². The first-order valence-corrected chi connectivity index (χ1v) is 8.33. The number of nitrogens with zero attached hydrogens (tertiary/aromatic N) is 1. The summed E-state index contributed by atoms with van der Waals surface area (Å²) in [5, 5.41) is 5.20. The first kappa shape index (κ1) is 19.4. The van der Waals surface area contributed by atoms with Gasteiger partial charge in [0.1, 0.15) is 12.1 Å². The second-order valence-corrected chi connectivity index (χ2v) is 6.62. The Bertz CT molecular complexity index is 757. The molecule has 1 heterocycles. The minimum Gasteiger partial charge on any atom is -0.454 e. The van der Waals surface area contributed by atoms with Gasteiger partial charge in [0.25, 0.3) is 11.8 Å². The van der Waals surface area contributed by atoms with Crippen molar-refractivity contribution in [2.45, 2.75) is 39.7 Å². The number of anilines is 1. The Morgan fingerprint density at radius 1 is 1.27 bits per heavy atom. The third kappa shape index (κ3) is 4.19. The number of imide groups is 1. The van der Waals surface area contributed by atoms with Gasteiger partial charge in [0.15, 0.2) is 6.61 Å². The quantitative estimate of drug-likeness (QED) is 0.588. The Labute approximate surface area is 151 Å². The summed E-state index contributed by atoms with van der Waals surface area (Å²) >= 11 is 0. The van der Waals surface area contributed by atoms with Crippen LogP contribution in [0.5, 0.6) is 0 Å². The predicted octanol–water partition coefficient (Wildman–Crippen LogP) is 1.37. The van der Waals surface area contributed by atoms with Crippen molar-refractivity contribution in [1.82, 2.24) is 10.2 Å². The molecule has 140 valence electrons. The topological polar surface area (TPSA) is 105 Å². The van der Waals surface area contributed by atoms with Crippen molar-refractivity contribution in [3.63, 3.8) is 0 Å². The molecule has 0 atom stereocenters. The lowest BCUT2D eigenvalue weighted by Crippen LogP contribution is -2.41. The molecule has 0 bridgehead atoms. The number of benzene rings is 1. The number of rotatable bonds is 6. The Hall–Kier alpha value is -2.90. The van der Waals surface area contributed by atoms with Crippen molar-refractivity contribution >= 4 is 29.5 Å². The van der Waals surface area contributed by atoms with Crippen molar-refractivity contribution < 1.29 is 23.9 Å². The van der Waals surface area contributed by atoms with Crippen LogP contribution in [0.4, 0.5) is 10.5 Å². The fourth-order valence-corrected chi connectivity index (χ4v) is 2.66. The minimum atomic E-state index is -1.06. The molecule has 1 aliphatic heterocycles. The maximum absolute atomic E-state index is 12.1. The number of nitrogens with one attached hydrogen (secondary N) is 2. The second-order valence-electron chi connectivity index (χ2n) is 6.62. The van der Waals surface area contributed by atoms with Gasteiger partial charge in [0.05, 0.1) is 0 Å². The van der Waals surface area contributed by atoms with Crippen LogP contribution in [0.1, 0.15) is 31.9 Å². The summed E-state index contributed by atoms with van der Waals surface area (Å²) in [6.07, 6.45) is 0.749. The molecule has 1 saturated heterocycles. The molecule has 2 N–H and O–H groups in total. The van der Waals surface area contributed by atoms with Crippen molar-refractivity contribution in [2.75, 3.05) is 18.5 Å². The van der Waals surface area contributed by atoms with E-state index in [4.69, 9.17) is 4.74 Å². The largest absolute Gasteiger partial charge is 0.454 e. The molecule has 1 fully saturated rings. The van der Waals surface area contributed by atoms with Crippen LogP contribution in [-0.2, 0) is 25.5 Å². The lowest BCUT2D eigenvalue weighted by atomic mass is 10.1. The van der Waals surface area contributed by atoms with Gasteiger partial charge in [-0.05, 0) is 38.3 Å². The van der Waals surface area contributed by atoms with Gasteiger partial charge in [-0.15, -0.1) is 0 Å². The van der Waals surface area contributed by atoms with E-state index in [9.17, 15) is 19.2 Å². The number of hydrogen-bond donors (Lipinski definition) is 2. The highest BCUT2D eigenvalue weighted by Gasteiger charge is 2.45. The van der Waals surface area contributed by atoms with Crippen LogP contribution in [0, 0.1) is 6.92 Å². The van der Waals surface area contributed by atoms with Crippen LogP contribution in [0.25, 0.3) is 0 Å². The summed E-state index contributed by atoms with van der Waals surface area (Å²) in [6.45, 7) is 5.90. The fourth-order valence-electron chi connectivity index (χ4n) is 2.66. The van der Waals surface area contributed by atoms with Crippen molar-refractivity contribution in [3.05, 3.63) is 29.3 Å². The molecule has 1 aromatic carbocycles. The zero-order valence-electron chi connectivity index (χ0n) is 15.3. The number of amides is 4. The van der Waals surface area contributed by atoms with Gasteiger partial charge in [0.2, 0.25) is 0 Å². The van der Waals surface area contributed by atoms with Crippen molar-refractivity contribution in [2.24, 2.45) is 0 Å². The molecule has 26 heavy (non-hydrogen) atoms. The Morgan fingerprint density at radius 3 is 2.54 bits per heavy atom. The number of esters is 1. The van der Waals surface area contributed by atoms with Gasteiger partial charge < -0.3 is 15.4 Å². The second kappa shape index (κ2) is 7.55. The number of urea groups is 1. The lowest BCUT2D eigenvalue weighted by molar-refractivity contribution is -0.150. The summed E-state index contributed by atoms with van der Waals surface area (Å²) < 4.78 is 4.89. The number of para-hydroxylation sites is 1. The number of hydrogen-bond acceptors (Lipinski definition) is 5. The minimum absolute atomic E-state index is 0.486. The summed E-state index contributed by atoms with van der Waals surface area (Å²) in [4.78, 5) is 48.5. The predicted molar refractivity (Wildman–Crippen MR) is 94.5 cm³/mol. The van der Waals surface area contributed by atoms with Crippen molar-refractivity contribution in [3.8, 4) is 0 Å². The Balaban J connectivity index is 1.89. The van der Waals surface area contributed by atoms with Crippen LogP contribution < -0.4 is 10.6 Å². The monoisotopic (exact) mass is 361 g/mol. The maximum atomic E-state index is 12.1. The molecular weight excluding hydrogens is 338 g/mol. The summed E-state index contributed by atoms with van der Waals surface area (Å²) in [7, 11) is 0. The van der Waals surface area contributed by atoms with E-state index in [1.54, 1.807) is 13.8 Å². The molecule has 4 amide bonds. The number of aryl methyl sites for hydroxylation is 2. The number of ether oxygens (including phenoxy) is 1. The average molecular weight is 361 g/mol. The molecule has 0 spiro atoms. The molecule has 8 heteroatoms. The van der Waals surface area contributed by atoms with Crippen molar-refractivity contribution in [1.29, 1.82) is 0 Å². The van der Waals surface area contributed by atoms with Gasteiger partial charge in [-0.3, -0.25) is 19.3 Å². The van der Waals surface area contributed by atoms with Crippen LogP contribution in [0.3, 0.4) is 0 Å². The highest BCUT2D eigenvalue weighted by atomic mass is 16.5. The lowest BCUT2D eigenvalue weighted by Gasteiger charge is -2.16. The molecular formula is C18H23N3O5. The molecule has 0 unspecified atom stereocenters. The van der Waals surface area contributed by atoms with E-state index < -0.39 is 42.5 Å². The van der Waals surface area contributed by atoms with Gasteiger partial charge >= 0.3 is 12.0 Å². The molecule has 0 radical (unpaired) electrons. The van der Waals surface area contributed by atoms with E-state index in [-0.39, 0.29) is 0 Å². The Kier molecular flexibility index (Phi) is 5.64. The zero-order valence-corrected chi connectivity index (χ0v) is 15.3.